The molecule has 19 heavy (non-hydrogen) atoms. The van der Waals surface area contributed by atoms with E-state index in [-0.39, 0.29) is 18.1 Å². The third-order valence-electron chi connectivity index (χ3n) is 3.43. The number of hydrogen-bond acceptors (Lipinski definition) is 4. The predicted octanol–water partition coefficient (Wildman–Crippen LogP) is 1.50. The predicted molar refractivity (Wildman–Crippen MR) is 74.7 cm³/mol. The van der Waals surface area contributed by atoms with E-state index in [4.69, 9.17) is 15.2 Å². The van der Waals surface area contributed by atoms with Crippen molar-refractivity contribution in [2.45, 2.75) is 65.0 Å². The van der Waals surface area contributed by atoms with Crippen LogP contribution in [-0.4, -0.2) is 48.4 Å². The molecule has 0 aliphatic carbocycles. The Morgan fingerprint density at radius 1 is 1.26 bits per heavy atom. The van der Waals surface area contributed by atoms with Gasteiger partial charge in [-0.25, -0.2) is 0 Å². The van der Waals surface area contributed by atoms with Crippen molar-refractivity contribution in [3.8, 4) is 0 Å². The highest BCUT2D eigenvalue weighted by Gasteiger charge is 2.36. The van der Waals surface area contributed by atoms with E-state index in [2.05, 4.69) is 0 Å². The molecule has 1 fully saturated rings. The van der Waals surface area contributed by atoms with E-state index >= 15 is 0 Å². The summed E-state index contributed by atoms with van der Waals surface area (Å²) in [6.07, 6.45) is 1.99. The molecule has 0 aromatic heterocycles. The molecule has 1 rings (SSSR count). The molecule has 2 atom stereocenters. The summed E-state index contributed by atoms with van der Waals surface area (Å²) < 4.78 is 11.7. The third kappa shape index (κ3) is 5.09. The van der Waals surface area contributed by atoms with E-state index in [1.165, 1.54) is 0 Å². The van der Waals surface area contributed by atoms with Gasteiger partial charge in [-0.3, -0.25) is 4.79 Å². The first-order valence-corrected chi connectivity index (χ1v) is 7.25. The zero-order valence-corrected chi connectivity index (χ0v) is 12.6. The van der Waals surface area contributed by atoms with E-state index in [0.717, 1.165) is 25.9 Å². The standard InChI is InChI=1S/C14H28N2O3/c1-5-16(6-2)13(17)10-12-9-11(7-8-15)18-14(3,4)19-12/h11-12H,5-10,15H2,1-4H3/t11-,12-/m1/s1. The fraction of sp³-hybridized carbons (Fsp3) is 0.929. The van der Waals surface area contributed by atoms with Gasteiger partial charge in [-0.15, -0.1) is 0 Å². The van der Waals surface area contributed by atoms with Crippen LogP contribution in [0.1, 0.15) is 47.0 Å². The van der Waals surface area contributed by atoms with Crippen molar-refractivity contribution < 1.29 is 14.3 Å². The van der Waals surface area contributed by atoms with Crippen molar-refractivity contribution in [1.82, 2.24) is 4.90 Å². The first kappa shape index (κ1) is 16.4. The minimum Gasteiger partial charge on any atom is -0.347 e. The van der Waals surface area contributed by atoms with Crippen LogP contribution >= 0.6 is 0 Å². The van der Waals surface area contributed by atoms with Gasteiger partial charge in [0.1, 0.15) is 0 Å². The topological polar surface area (TPSA) is 64.8 Å². The number of rotatable bonds is 6. The molecule has 1 aliphatic heterocycles. The number of ether oxygens (including phenoxy) is 2. The van der Waals surface area contributed by atoms with Crippen molar-refractivity contribution in [3.63, 3.8) is 0 Å². The lowest BCUT2D eigenvalue weighted by atomic mass is 10.0. The second-order valence-electron chi connectivity index (χ2n) is 5.46. The minimum atomic E-state index is -0.633. The molecule has 5 nitrogen and oxygen atoms in total. The van der Waals surface area contributed by atoms with Gasteiger partial charge in [0.05, 0.1) is 18.6 Å². The highest BCUT2D eigenvalue weighted by molar-refractivity contribution is 5.76. The molecule has 0 aromatic carbocycles. The zero-order chi connectivity index (χ0) is 14.5. The summed E-state index contributed by atoms with van der Waals surface area (Å²) in [5, 5.41) is 0. The highest BCUT2D eigenvalue weighted by atomic mass is 16.7. The largest absolute Gasteiger partial charge is 0.347 e. The smallest absolute Gasteiger partial charge is 0.225 e. The molecule has 1 aliphatic rings. The number of nitrogens with zero attached hydrogens (tertiary/aromatic N) is 1. The number of nitrogens with two attached hydrogens (primary N) is 1. The fourth-order valence-corrected chi connectivity index (χ4v) is 2.61. The second-order valence-corrected chi connectivity index (χ2v) is 5.46. The fourth-order valence-electron chi connectivity index (χ4n) is 2.61. The Labute approximate surface area is 116 Å². The van der Waals surface area contributed by atoms with Crippen molar-refractivity contribution in [2.75, 3.05) is 19.6 Å². The van der Waals surface area contributed by atoms with Crippen LogP contribution in [0.25, 0.3) is 0 Å². The van der Waals surface area contributed by atoms with Crippen molar-refractivity contribution in [3.05, 3.63) is 0 Å². The Morgan fingerprint density at radius 3 is 2.37 bits per heavy atom. The van der Waals surface area contributed by atoms with Crippen molar-refractivity contribution >= 4 is 5.91 Å². The molecule has 0 radical (unpaired) electrons. The summed E-state index contributed by atoms with van der Waals surface area (Å²) in [4.78, 5) is 14.0. The maximum absolute atomic E-state index is 12.1. The summed E-state index contributed by atoms with van der Waals surface area (Å²) in [7, 11) is 0. The van der Waals surface area contributed by atoms with Gasteiger partial charge in [0.25, 0.3) is 0 Å². The van der Waals surface area contributed by atoms with Gasteiger partial charge < -0.3 is 20.1 Å². The maximum atomic E-state index is 12.1. The molecule has 2 N–H and O–H groups in total. The maximum Gasteiger partial charge on any atom is 0.225 e. The monoisotopic (exact) mass is 272 g/mol. The van der Waals surface area contributed by atoms with E-state index in [9.17, 15) is 4.79 Å². The minimum absolute atomic E-state index is 0.0756. The first-order valence-electron chi connectivity index (χ1n) is 7.25. The normalized spacial score (nSPS) is 26.2. The molecule has 0 saturated carbocycles. The van der Waals surface area contributed by atoms with Gasteiger partial charge in [-0.05, 0) is 40.7 Å². The second kappa shape index (κ2) is 7.22. The number of hydrogen-bond donors (Lipinski definition) is 1. The third-order valence-corrected chi connectivity index (χ3v) is 3.43. The van der Waals surface area contributed by atoms with Gasteiger partial charge in [0.15, 0.2) is 5.79 Å². The Hall–Kier alpha value is -0.650. The van der Waals surface area contributed by atoms with Gasteiger partial charge in [0, 0.05) is 19.5 Å². The Morgan fingerprint density at radius 2 is 1.84 bits per heavy atom. The molecular weight excluding hydrogens is 244 g/mol. The van der Waals surface area contributed by atoms with Gasteiger partial charge in [0.2, 0.25) is 5.91 Å². The average molecular weight is 272 g/mol. The molecule has 0 aromatic rings. The molecule has 5 heteroatoms. The van der Waals surface area contributed by atoms with Crippen LogP contribution in [0.4, 0.5) is 0 Å². The summed E-state index contributed by atoms with van der Waals surface area (Å²) in [5.41, 5.74) is 5.59. The van der Waals surface area contributed by atoms with E-state index in [1.807, 2.05) is 32.6 Å². The zero-order valence-electron chi connectivity index (χ0n) is 12.6. The summed E-state index contributed by atoms with van der Waals surface area (Å²) >= 11 is 0. The Balaban J connectivity index is 2.59. The van der Waals surface area contributed by atoms with Crippen LogP contribution in [0.5, 0.6) is 0 Å². The summed E-state index contributed by atoms with van der Waals surface area (Å²) in [6.45, 7) is 9.86. The van der Waals surface area contributed by atoms with Gasteiger partial charge in [-0.1, -0.05) is 0 Å². The van der Waals surface area contributed by atoms with E-state index in [0.29, 0.717) is 13.0 Å². The first-order chi connectivity index (χ1) is 8.91. The lowest BCUT2D eigenvalue weighted by molar-refractivity contribution is -0.299. The lowest BCUT2D eigenvalue weighted by Gasteiger charge is -2.41. The number of amides is 1. The number of carbonyl (C=O) groups is 1. The van der Waals surface area contributed by atoms with Crippen LogP contribution in [0.2, 0.25) is 0 Å². The molecule has 1 amide bonds. The van der Waals surface area contributed by atoms with Crippen LogP contribution in [-0.2, 0) is 14.3 Å². The quantitative estimate of drug-likeness (QED) is 0.796. The van der Waals surface area contributed by atoms with Crippen LogP contribution in [0.15, 0.2) is 0 Å². The molecule has 1 heterocycles. The van der Waals surface area contributed by atoms with Crippen LogP contribution in [0.3, 0.4) is 0 Å². The molecule has 1 saturated heterocycles. The SMILES string of the molecule is CCN(CC)C(=O)C[C@H]1C[C@@H](CCN)OC(C)(C)O1. The van der Waals surface area contributed by atoms with E-state index < -0.39 is 5.79 Å². The van der Waals surface area contributed by atoms with E-state index in [1.54, 1.807) is 0 Å². The molecule has 112 valence electrons. The average Bonchev–Trinajstić information content (AvgIpc) is 2.28. The van der Waals surface area contributed by atoms with Gasteiger partial charge in [-0.2, -0.15) is 0 Å². The van der Waals surface area contributed by atoms with Crippen molar-refractivity contribution in [1.29, 1.82) is 0 Å². The molecule has 0 unspecified atom stereocenters. The lowest BCUT2D eigenvalue weighted by Crippen LogP contribution is -2.47. The highest BCUT2D eigenvalue weighted by Crippen LogP contribution is 2.29. The molecular formula is C14H28N2O3. The number of carbonyl (C=O) groups excluding carboxylic acids is 1. The summed E-state index contributed by atoms with van der Waals surface area (Å²) in [6, 6.07) is 0. The van der Waals surface area contributed by atoms with Crippen LogP contribution < -0.4 is 5.73 Å². The molecule has 0 spiro atoms. The Bertz CT molecular complexity index is 290. The molecule has 0 bridgehead atoms. The van der Waals surface area contributed by atoms with Gasteiger partial charge >= 0.3 is 0 Å². The van der Waals surface area contributed by atoms with Crippen LogP contribution in [0, 0.1) is 0 Å². The van der Waals surface area contributed by atoms with Crippen molar-refractivity contribution in [2.24, 2.45) is 5.73 Å². The summed E-state index contributed by atoms with van der Waals surface area (Å²) in [5.74, 6) is -0.481. The Kier molecular flexibility index (Phi) is 6.23.